The largest absolute Gasteiger partial charge is 0.368 e. The lowest BCUT2D eigenvalue weighted by Gasteiger charge is -2.07. The molecule has 6 heteroatoms. The first-order chi connectivity index (χ1) is 12.7. The molecule has 132 valence electrons. The number of carbonyl (C=O) groups is 1. The Morgan fingerprint density at radius 3 is 2.23 bits per heavy atom. The number of carbonyl (C=O) groups excluding carboxylic acids is 1. The number of hydrogen-bond donors (Lipinski definition) is 2. The molecule has 0 saturated heterocycles. The van der Waals surface area contributed by atoms with Gasteiger partial charge in [0.15, 0.2) is 5.82 Å². The number of amides is 1. The molecule has 3 aromatic rings. The Labute approximate surface area is 157 Å². The van der Waals surface area contributed by atoms with Crippen molar-refractivity contribution in [2.75, 3.05) is 17.2 Å². The third kappa shape index (κ3) is 5.57. The van der Waals surface area contributed by atoms with Gasteiger partial charge in [0.25, 0.3) is 0 Å². The van der Waals surface area contributed by atoms with Gasteiger partial charge in [-0.1, -0.05) is 54.1 Å². The van der Waals surface area contributed by atoms with Gasteiger partial charge in [-0.15, -0.1) is 10.2 Å². The molecule has 1 amide bonds. The summed E-state index contributed by atoms with van der Waals surface area (Å²) in [6.07, 6.45) is 1.16. The Hall–Kier alpha value is -2.92. The maximum atomic E-state index is 12.1. The maximum absolute atomic E-state index is 12.1. The molecular formula is C20H19ClN4O. The van der Waals surface area contributed by atoms with E-state index in [0.717, 1.165) is 18.5 Å². The lowest BCUT2D eigenvalue weighted by Crippen LogP contribution is -2.16. The van der Waals surface area contributed by atoms with E-state index in [9.17, 15) is 4.79 Å². The molecule has 0 radical (unpaired) electrons. The fraction of sp³-hybridized carbons (Fsp3) is 0.150. The molecule has 0 aliphatic rings. The van der Waals surface area contributed by atoms with Crippen LogP contribution in [-0.4, -0.2) is 22.6 Å². The SMILES string of the molecule is O=C(Cc1ccc(Cl)cc1)Nc1ccc(NCCc2ccccc2)nn1. The molecule has 0 aliphatic heterocycles. The van der Waals surface area contributed by atoms with Gasteiger partial charge in [-0.3, -0.25) is 4.79 Å². The molecule has 0 atom stereocenters. The van der Waals surface area contributed by atoms with Crippen molar-refractivity contribution in [1.82, 2.24) is 10.2 Å². The fourth-order valence-electron chi connectivity index (χ4n) is 2.45. The fourth-order valence-corrected chi connectivity index (χ4v) is 2.57. The van der Waals surface area contributed by atoms with Crippen LogP contribution in [-0.2, 0) is 17.6 Å². The molecule has 1 heterocycles. The second kappa shape index (κ2) is 8.97. The van der Waals surface area contributed by atoms with E-state index >= 15 is 0 Å². The van der Waals surface area contributed by atoms with Crippen molar-refractivity contribution in [2.45, 2.75) is 12.8 Å². The van der Waals surface area contributed by atoms with Crippen molar-refractivity contribution in [3.05, 3.63) is 82.9 Å². The predicted octanol–water partition coefficient (Wildman–Crippen LogP) is 3.97. The van der Waals surface area contributed by atoms with Crippen molar-refractivity contribution < 1.29 is 4.79 Å². The Morgan fingerprint density at radius 1 is 0.846 bits per heavy atom. The Bertz CT molecular complexity index is 836. The highest BCUT2D eigenvalue weighted by molar-refractivity contribution is 6.30. The summed E-state index contributed by atoms with van der Waals surface area (Å²) in [4.78, 5) is 12.1. The molecule has 0 saturated carbocycles. The number of nitrogens with zero attached hydrogens (tertiary/aromatic N) is 2. The maximum Gasteiger partial charge on any atom is 0.229 e. The van der Waals surface area contributed by atoms with Crippen LogP contribution < -0.4 is 10.6 Å². The average molecular weight is 367 g/mol. The molecular weight excluding hydrogens is 348 g/mol. The lowest BCUT2D eigenvalue weighted by molar-refractivity contribution is -0.115. The van der Waals surface area contributed by atoms with Gasteiger partial charge < -0.3 is 10.6 Å². The highest BCUT2D eigenvalue weighted by Gasteiger charge is 2.06. The van der Waals surface area contributed by atoms with Crippen LogP contribution in [0.15, 0.2) is 66.7 Å². The first-order valence-electron chi connectivity index (χ1n) is 8.35. The van der Waals surface area contributed by atoms with E-state index in [4.69, 9.17) is 11.6 Å². The second-order valence-electron chi connectivity index (χ2n) is 5.82. The van der Waals surface area contributed by atoms with Gasteiger partial charge in [-0.25, -0.2) is 0 Å². The summed E-state index contributed by atoms with van der Waals surface area (Å²) in [6.45, 7) is 0.765. The predicted molar refractivity (Wildman–Crippen MR) is 104 cm³/mol. The van der Waals surface area contributed by atoms with Crippen LogP contribution in [0.2, 0.25) is 5.02 Å². The van der Waals surface area contributed by atoms with Gasteiger partial charge in [-0.05, 0) is 41.8 Å². The van der Waals surface area contributed by atoms with Crippen molar-refractivity contribution in [3.8, 4) is 0 Å². The number of rotatable bonds is 7. The second-order valence-corrected chi connectivity index (χ2v) is 6.25. The van der Waals surface area contributed by atoms with Crippen molar-refractivity contribution in [2.24, 2.45) is 0 Å². The van der Waals surface area contributed by atoms with Crippen LogP contribution in [0.1, 0.15) is 11.1 Å². The Morgan fingerprint density at radius 2 is 1.54 bits per heavy atom. The minimum Gasteiger partial charge on any atom is -0.368 e. The summed E-state index contributed by atoms with van der Waals surface area (Å²) >= 11 is 5.84. The van der Waals surface area contributed by atoms with Gasteiger partial charge in [0.05, 0.1) is 6.42 Å². The van der Waals surface area contributed by atoms with Crippen LogP contribution in [0.4, 0.5) is 11.6 Å². The van der Waals surface area contributed by atoms with Crippen LogP contribution in [0.25, 0.3) is 0 Å². The lowest BCUT2D eigenvalue weighted by atomic mass is 10.1. The highest BCUT2D eigenvalue weighted by Crippen LogP contribution is 2.11. The van der Waals surface area contributed by atoms with Gasteiger partial charge in [-0.2, -0.15) is 0 Å². The Balaban J connectivity index is 1.46. The van der Waals surface area contributed by atoms with Gasteiger partial charge in [0.2, 0.25) is 5.91 Å². The van der Waals surface area contributed by atoms with Crippen LogP contribution >= 0.6 is 11.6 Å². The van der Waals surface area contributed by atoms with Crippen molar-refractivity contribution in [3.63, 3.8) is 0 Å². The summed E-state index contributed by atoms with van der Waals surface area (Å²) < 4.78 is 0. The van der Waals surface area contributed by atoms with Crippen LogP contribution in [0.3, 0.4) is 0 Å². The molecule has 0 unspecified atom stereocenters. The van der Waals surface area contributed by atoms with Crippen LogP contribution in [0.5, 0.6) is 0 Å². The number of anilines is 2. The zero-order valence-electron chi connectivity index (χ0n) is 14.2. The highest BCUT2D eigenvalue weighted by atomic mass is 35.5. The minimum absolute atomic E-state index is 0.147. The molecule has 0 aliphatic carbocycles. The summed E-state index contributed by atoms with van der Waals surface area (Å²) in [6, 6.07) is 20.9. The zero-order chi connectivity index (χ0) is 18.2. The Kier molecular flexibility index (Phi) is 6.17. The van der Waals surface area contributed by atoms with E-state index in [-0.39, 0.29) is 12.3 Å². The molecule has 26 heavy (non-hydrogen) atoms. The van der Waals surface area contributed by atoms with E-state index in [1.807, 2.05) is 30.3 Å². The molecule has 0 spiro atoms. The first kappa shape index (κ1) is 17.9. The zero-order valence-corrected chi connectivity index (χ0v) is 14.9. The third-order valence-corrected chi connectivity index (χ3v) is 4.02. The molecule has 0 bridgehead atoms. The van der Waals surface area contributed by atoms with Crippen molar-refractivity contribution >= 4 is 29.1 Å². The smallest absolute Gasteiger partial charge is 0.229 e. The summed E-state index contributed by atoms with van der Waals surface area (Å²) in [5.41, 5.74) is 2.15. The molecule has 3 rings (SSSR count). The molecule has 1 aromatic heterocycles. The van der Waals surface area contributed by atoms with E-state index in [1.54, 1.807) is 24.3 Å². The molecule has 2 aromatic carbocycles. The number of nitrogens with one attached hydrogen (secondary N) is 2. The summed E-state index contributed by atoms with van der Waals surface area (Å²) in [5, 5.41) is 14.7. The third-order valence-electron chi connectivity index (χ3n) is 3.77. The van der Waals surface area contributed by atoms with Crippen LogP contribution in [0, 0.1) is 0 Å². The molecule has 2 N–H and O–H groups in total. The van der Waals surface area contributed by atoms with E-state index < -0.39 is 0 Å². The average Bonchev–Trinajstić information content (AvgIpc) is 2.66. The van der Waals surface area contributed by atoms with E-state index in [0.29, 0.717) is 16.7 Å². The first-order valence-corrected chi connectivity index (χ1v) is 8.73. The molecule has 0 fully saturated rings. The standard InChI is InChI=1S/C20H19ClN4O/c21-17-8-6-16(7-9-17)14-20(26)23-19-11-10-18(24-25-19)22-13-12-15-4-2-1-3-5-15/h1-11H,12-14H2,(H,22,24)(H,23,25,26). The number of halogens is 1. The van der Waals surface area contributed by atoms with Gasteiger partial charge in [0, 0.05) is 11.6 Å². The van der Waals surface area contributed by atoms with Gasteiger partial charge >= 0.3 is 0 Å². The normalized spacial score (nSPS) is 10.3. The number of benzene rings is 2. The number of hydrogen-bond acceptors (Lipinski definition) is 4. The summed E-state index contributed by atoms with van der Waals surface area (Å²) in [7, 11) is 0. The summed E-state index contributed by atoms with van der Waals surface area (Å²) in [5.74, 6) is 0.959. The van der Waals surface area contributed by atoms with Crippen molar-refractivity contribution in [1.29, 1.82) is 0 Å². The van der Waals surface area contributed by atoms with E-state index in [2.05, 4.69) is 33.0 Å². The minimum atomic E-state index is -0.147. The monoisotopic (exact) mass is 366 g/mol. The number of aromatic nitrogens is 2. The van der Waals surface area contributed by atoms with Gasteiger partial charge in [0.1, 0.15) is 5.82 Å². The van der Waals surface area contributed by atoms with E-state index in [1.165, 1.54) is 5.56 Å². The quantitative estimate of drug-likeness (QED) is 0.664. The topological polar surface area (TPSA) is 66.9 Å². The molecule has 5 nitrogen and oxygen atoms in total.